The normalized spacial score (nSPS) is 15.3. The molecule has 0 saturated heterocycles. The Morgan fingerprint density at radius 2 is 1.89 bits per heavy atom. The molecule has 0 aromatic heterocycles. The zero-order valence-electron chi connectivity index (χ0n) is 11.6. The van der Waals surface area contributed by atoms with Crippen molar-refractivity contribution in [2.75, 3.05) is 12.3 Å². The summed E-state index contributed by atoms with van der Waals surface area (Å²) >= 11 is 1.99. The van der Waals surface area contributed by atoms with E-state index in [4.69, 9.17) is 0 Å². The zero-order chi connectivity index (χ0) is 12.8. The lowest BCUT2D eigenvalue weighted by Gasteiger charge is -2.07. The van der Waals surface area contributed by atoms with Gasteiger partial charge in [0.25, 0.3) is 0 Å². The highest BCUT2D eigenvalue weighted by molar-refractivity contribution is 7.99. The second kappa shape index (κ2) is 7.20. The van der Waals surface area contributed by atoms with Crippen molar-refractivity contribution in [2.45, 2.75) is 56.4 Å². The van der Waals surface area contributed by atoms with Gasteiger partial charge in [-0.1, -0.05) is 26.0 Å². The molecule has 1 aliphatic carbocycles. The second-order valence-corrected chi connectivity index (χ2v) is 6.68. The summed E-state index contributed by atoms with van der Waals surface area (Å²) in [5.41, 5.74) is 1.44. The van der Waals surface area contributed by atoms with Gasteiger partial charge in [-0.25, -0.2) is 0 Å². The van der Waals surface area contributed by atoms with Gasteiger partial charge in [0, 0.05) is 10.9 Å². The first-order chi connectivity index (χ1) is 8.75. The van der Waals surface area contributed by atoms with Crippen LogP contribution in [0.25, 0.3) is 0 Å². The van der Waals surface area contributed by atoms with Gasteiger partial charge in [0.2, 0.25) is 0 Å². The summed E-state index contributed by atoms with van der Waals surface area (Å²) in [6.45, 7) is 5.70. The van der Waals surface area contributed by atoms with E-state index < -0.39 is 0 Å². The summed E-state index contributed by atoms with van der Waals surface area (Å²) in [5.74, 6) is 1.88. The van der Waals surface area contributed by atoms with Crippen molar-refractivity contribution in [3.8, 4) is 0 Å². The smallest absolute Gasteiger partial charge is 0.00721 e. The minimum atomic E-state index is 0.637. The molecule has 0 atom stereocenters. The highest BCUT2D eigenvalue weighted by atomic mass is 32.2. The molecule has 0 amide bonds. The first-order valence-electron chi connectivity index (χ1n) is 7.22. The Labute approximate surface area is 116 Å². The minimum Gasteiger partial charge on any atom is -0.314 e. The average Bonchev–Trinajstić information content (AvgIpc) is 3.18. The molecular weight excluding hydrogens is 238 g/mol. The summed E-state index contributed by atoms with van der Waals surface area (Å²) in [6.07, 6.45) is 5.43. The van der Waals surface area contributed by atoms with Crippen LogP contribution >= 0.6 is 11.8 Å². The third kappa shape index (κ3) is 5.03. The molecule has 0 aliphatic heterocycles. The van der Waals surface area contributed by atoms with Crippen LogP contribution in [-0.4, -0.2) is 18.3 Å². The predicted molar refractivity (Wildman–Crippen MR) is 81.5 cm³/mol. The SMILES string of the molecule is CC(C)c1ccc(SCCCCNC2CC2)cc1. The molecule has 1 aromatic carbocycles. The van der Waals surface area contributed by atoms with Gasteiger partial charge in [-0.2, -0.15) is 0 Å². The van der Waals surface area contributed by atoms with Crippen LogP contribution in [0.5, 0.6) is 0 Å². The number of thioether (sulfide) groups is 1. The maximum Gasteiger partial charge on any atom is 0.00721 e. The van der Waals surface area contributed by atoms with Crippen LogP contribution in [0.15, 0.2) is 29.2 Å². The van der Waals surface area contributed by atoms with E-state index in [1.807, 2.05) is 11.8 Å². The van der Waals surface area contributed by atoms with Crippen LogP contribution in [0.2, 0.25) is 0 Å². The van der Waals surface area contributed by atoms with E-state index in [-0.39, 0.29) is 0 Å². The second-order valence-electron chi connectivity index (χ2n) is 5.51. The molecule has 0 bridgehead atoms. The molecule has 2 rings (SSSR count). The van der Waals surface area contributed by atoms with Crippen molar-refractivity contribution < 1.29 is 0 Å². The fraction of sp³-hybridized carbons (Fsp3) is 0.625. The van der Waals surface area contributed by atoms with Gasteiger partial charge in [0.05, 0.1) is 0 Å². The average molecular weight is 263 g/mol. The molecule has 0 heterocycles. The molecule has 0 unspecified atom stereocenters. The zero-order valence-corrected chi connectivity index (χ0v) is 12.4. The van der Waals surface area contributed by atoms with Crippen molar-refractivity contribution in [1.29, 1.82) is 0 Å². The largest absolute Gasteiger partial charge is 0.314 e. The molecular formula is C16H25NS. The third-order valence-electron chi connectivity index (χ3n) is 3.40. The topological polar surface area (TPSA) is 12.0 Å². The summed E-state index contributed by atoms with van der Waals surface area (Å²) in [7, 11) is 0. The summed E-state index contributed by atoms with van der Waals surface area (Å²) in [6, 6.07) is 9.93. The van der Waals surface area contributed by atoms with Crippen LogP contribution in [0, 0.1) is 0 Å². The monoisotopic (exact) mass is 263 g/mol. The first kappa shape index (κ1) is 14.0. The molecule has 1 nitrogen and oxygen atoms in total. The Hall–Kier alpha value is -0.470. The van der Waals surface area contributed by atoms with Crippen LogP contribution in [-0.2, 0) is 0 Å². The van der Waals surface area contributed by atoms with E-state index in [9.17, 15) is 0 Å². The van der Waals surface area contributed by atoms with Gasteiger partial charge in [-0.3, -0.25) is 0 Å². The number of hydrogen-bond acceptors (Lipinski definition) is 2. The highest BCUT2D eigenvalue weighted by Gasteiger charge is 2.19. The van der Waals surface area contributed by atoms with Crippen LogP contribution in [0.1, 0.15) is 51.0 Å². The van der Waals surface area contributed by atoms with Gasteiger partial charge in [0.1, 0.15) is 0 Å². The minimum absolute atomic E-state index is 0.637. The molecule has 0 radical (unpaired) electrons. The van der Waals surface area contributed by atoms with Gasteiger partial charge >= 0.3 is 0 Å². The lowest BCUT2D eigenvalue weighted by Crippen LogP contribution is -2.17. The molecule has 18 heavy (non-hydrogen) atoms. The third-order valence-corrected chi connectivity index (χ3v) is 4.50. The van der Waals surface area contributed by atoms with Gasteiger partial charge < -0.3 is 5.32 Å². The van der Waals surface area contributed by atoms with E-state index >= 15 is 0 Å². The number of unbranched alkanes of at least 4 members (excludes halogenated alkanes) is 1. The maximum atomic E-state index is 3.57. The molecule has 1 N–H and O–H groups in total. The Balaban J connectivity index is 1.57. The lowest BCUT2D eigenvalue weighted by molar-refractivity contribution is 0.640. The van der Waals surface area contributed by atoms with E-state index in [2.05, 4.69) is 43.4 Å². The Kier molecular flexibility index (Phi) is 5.58. The molecule has 100 valence electrons. The number of hydrogen-bond donors (Lipinski definition) is 1. The van der Waals surface area contributed by atoms with Crippen LogP contribution in [0.3, 0.4) is 0 Å². The molecule has 2 heteroatoms. The molecule has 1 aliphatic rings. The number of benzene rings is 1. The highest BCUT2D eigenvalue weighted by Crippen LogP contribution is 2.23. The lowest BCUT2D eigenvalue weighted by atomic mass is 10.0. The van der Waals surface area contributed by atoms with Gasteiger partial charge in [-0.15, -0.1) is 11.8 Å². The van der Waals surface area contributed by atoms with E-state index in [1.54, 1.807) is 0 Å². The fourth-order valence-electron chi connectivity index (χ4n) is 1.96. The fourth-order valence-corrected chi connectivity index (χ4v) is 2.87. The van der Waals surface area contributed by atoms with Gasteiger partial charge in [-0.05, 0) is 61.6 Å². The summed E-state index contributed by atoms with van der Waals surface area (Å²) in [4.78, 5) is 1.41. The van der Waals surface area contributed by atoms with E-state index in [0.717, 1.165) is 6.04 Å². The van der Waals surface area contributed by atoms with Crippen molar-refractivity contribution in [2.24, 2.45) is 0 Å². The number of nitrogens with one attached hydrogen (secondary N) is 1. The summed E-state index contributed by atoms with van der Waals surface area (Å²) < 4.78 is 0. The van der Waals surface area contributed by atoms with Crippen LogP contribution < -0.4 is 5.32 Å². The molecule has 1 fully saturated rings. The Morgan fingerprint density at radius 3 is 2.50 bits per heavy atom. The molecule has 1 saturated carbocycles. The van der Waals surface area contributed by atoms with E-state index in [1.165, 1.54) is 48.4 Å². The quantitative estimate of drug-likeness (QED) is 0.550. The number of rotatable bonds is 8. The summed E-state index contributed by atoms with van der Waals surface area (Å²) in [5, 5.41) is 3.57. The van der Waals surface area contributed by atoms with Crippen molar-refractivity contribution in [3.05, 3.63) is 29.8 Å². The van der Waals surface area contributed by atoms with E-state index in [0.29, 0.717) is 5.92 Å². The van der Waals surface area contributed by atoms with Crippen molar-refractivity contribution in [3.63, 3.8) is 0 Å². The van der Waals surface area contributed by atoms with Gasteiger partial charge in [0.15, 0.2) is 0 Å². The maximum absolute atomic E-state index is 3.57. The molecule has 1 aromatic rings. The van der Waals surface area contributed by atoms with Crippen molar-refractivity contribution in [1.82, 2.24) is 5.32 Å². The van der Waals surface area contributed by atoms with Crippen LogP contribution in [0.4, 0.5) is 0 Å². The standard InChI is InChI=1S/C16H25NS/c1-13(2)14-5-9-16(10-6-14)18-12-4-3-11-17-15-7-8-15/h5-6,9-10,13,15,17H,3-4,7-8,11-12H2,1-2H3. The Morgan fingerprint density at radius 1 is 1.17 bits per heavy atom. The first-order valence-corrected chi connectivity index (χ1v) is 8.20. The molecule has 0 spiro atoms. The van der Waals surface area contributed by atoms with Crippen molar-refractivity contribution >= 4 is 11.8 Å². The predicted octanol–water partition coefficient (Wildman–Crippen LogP) is 4.43. The Bertz CT molecular complexity index is 341.